The molecule has 110 valence electrons. The quantitative estimate of drug-likeness (QED) is 0.569. The summed E-state index contributed by atoms with van der Waals surface area (Å²) in [6, 6.07) is 6.07. The van der Waals surface area contributed by atoms with Crippen molar-refractivity contribution < 1.29 is 23.5 Å². The molecule has 0 aromatic heterocycles. The Hall–Kier alpha value is -1.91. The molecule has 0 aliphatic rings. The molecule has 5 heteroatoms. The van der Waals surface area contributed by atoms with E-state index in [4.69, 9.17) is 9.47 Å². The van der Waals surface area contributed by atoms with Crippen molar-refractivity contribution in [2.24, 2.45) is 5.92 Å². The number of benzene rings is 1. The molecule has 1 aromatic carbocycles. The zero-order chi connectivity index (χ0) is 15.0. The van der Waals surface area contributed by atoms with Crippen LogP contribution in [0, 0.1) is 11.7 Å². The van der Waals surface area contributed by atoms with Gasteiger partial charge in [-0.25, -0.2) is 4.39 Å². The number of hydrogen-bond acceptors (Lipinski definition) is 4. The highest BCUT2D eigenvalue weighted by atomic mass is 19.1. The van der Waals surface area contributed by atoms with Crippen LogP contribution < -0.4 is 0 Å². The van der Waals surface area contributed by atoms with Crippen LogP contribution in [0.5, 0.6) is 0 Å². The third-order valence-corrected chi connectivity index (χ3v) is 2.75. The van der Waals surface area contributed by atoms with E-state index in [2.05, 4.69) is 0 Å². The predicted molar refractivity (Wildman–Crippen MR) is 71.5 cm³/mol. The lowest BCUT2D eigenvalue weighted by Crippen LogP contribution is -2.28. The second kappa shape index (κ2) is 8.30. The maximum atomic E-state index is 13.1. The summed E-state index contributed by atoms with van der Waals surface area (Å²) in [4.78, 5) is 23.5. The first kappa shape index (κ1) is 16.1. The minimum atomic E-state index is -0.960. The van der Waals surface area contributed by atoms with Crippen molar-refractivity contribution in [2.75, 3.05) is 13.2 Å². The van der Waals surface area contributed by atoms with Crippen molar-refractivity contribution in [1.82, 2.24) is 0 Å². The van der Waals surface area contributed by atoms with Crippen LogP contribution in [0.1, 0.15) is 25.8 Å². The lowest BCUT2D eigenvalue weighted by molar-refractivity contribution is -0.161. The standard InChI is InChI=1S/C15H19FO4/c1-3-19-14(17)13(15(18)20-4-2)9-8-11-6-5-7-12(16)10-11/h5-7,10,13H,3-4,8-9H2,1-2H3. The molecule has 0 saturated heterocycles. The molecule has 0 unspecified atom stereocenters. The molecular weight excluding hydrogens is 263 g/mol. The summed E-state index contributed by atoms with van der Waals surface area (Å²) < 4.78 is 22.8. The van der Waals surface area contributed by atoms with E-state index in [0.717, 1.165) is 5.56 Å². The SMILES string of the molecule is CCOC(=O)C(CCc1cccc(F)c1)C(=O)OCC. The van der Waals surface area contributed by atoms with E-state index in [9.17, 15) is 14.0 Å². The van der Waals surface area contributed by atoms with E-state index in [0.29, 0.717) is 6.42 Å². The van der Waals surface area contributed by atoms with Crippen LogP contribution in [0.25, 0.3) is 0 Å². The number of aryl methyl sites for hydroxylation is 1. The highest BCUT2D eigenvalue weighted by Gasteiger charge is 2.29. The van der Waals surface area contributed by atoms with Gasteiger partial charge < -0.3 is 9.47 Å². The lowest BCUT2D eigenvalue weighted by atomic mass is 9.99. The number of esters is 2. The summed E-state index contributed by atoms with van der Waals surface area (Å²) in [6.07, 6.45) is 0.640. The Balaban J connectivity index is 2.69. The summed E-state index contributed by atoms with van der Waals surface area (Å²) >= 11 is 0. The summed E-state index contributed by atoms with van der Waals surface area (Å²) in [5.74, 6) is -2.49. The maximum absolute atomic E-state index is 13.1. The number of halogens is 1. The first-order valence-corrected chi connectivity index (χ1v) is 6.66. The molecule has 0 aliphatic heterocycles. The molecular formula is C15H19FO4. The van der Waals surface area contributed by atoms with Gasteiger partial charge in [-0.15, -0.1) is 0 Å². The summed E-state index contributed by atoms with van der Waals surface area (Å²) in [5.41, 5.74) is 0.726. The molecule has 4 nitrogen and oxygen atoms in total. The topological polar surface area (TPSA) is 52.6 Å². The van der Waals surface area contributed by atoms with Crippen molar-refractivity contribution in [2.45, 2.75) is 26.7 Å². The Morgan fingerprint density at radius 3 is 2.25 bits per heavy atom. The average molecular weight is 282 g/mol. The molecule has 0 aliphatic carbocycles. The predicted octanol–water partition coefficient (Wildman–Crippen LogP) is 2.50. The van der Waals surface area contributed by atoms with E-state index in [1.165, 1.54) is 12.1 Å². The van der Waals surface area contributed by atoms with Crippen LogP contribution in [0.2, 0.25) is 0 Å². The van der Waals surface area contributed by atoms with E-state index < -0.39 is 17.9 Å². The second-order valence-electron chi connectivity index (χ2n) is 4.23. The Bertz CT molecular complexity index is 441. The molecule has 0 fully saturated rings. The van der Waals surface area contributed by atoms with E-state index in [-0.39, 0.29) is 25.5 Å². The summed E-state index contributed by atoms with van der Waals surface area (Å²) in [7, 11) is 0. The Kier molecular flexibility index (Phi) is 6.70. The molecule has 0 N–H and O–H groups in total. The van der Waals surface area contributed by atoms with Gasteiger partial charge >= 0.3 is 11.9 Å². The average Bonchev–Trinajstić information content (AvgIpc) is 2.39. The van der Waals surface area contributed by atoms with Crippen LogP contribution in [0.3, 0.4) is 0 Å². The van der Waals surface area contributed by atoms with Crippen molar-refractivity contribution >= 4 is 11.9 Å². The minimum absolute atomic E-state index is 0.203. The summed E-state index contributed by atoms with van der Waals surface area (Å²) in [5, 5.41) is 0. The van der Waals surface area contributed by atoms with Crippen LogP contribution in [0.4, 0.5) is 4.39 Å². The third-order valence-electron chi connectivity index (χ3n) is 2.75. The molecule has 20 heavy (non-hydrogen) atoms. The highest BCUT2D eigenvalue weighted by molar-refractivity contribution is 5.94. The summed E-state index contributed by atoms with van der Waals surface area (Å²) in [6.45, 7) is 3.75. The third kappa shape index (κ3) is 4.99. The highest BCUT2D eigenvalue weighted by Crippen LogP contribution is 2.14. The molecule has 0 bridgehead atoms. The number of rotatable bonds is 7. The number of hydrogen-bond donors (Lipinski definition) is 0. The van der Waals surface area contributed by atoms with Gasteiger partial charge in [-0.3, -0.25) is 9.59 Å². The first-order chi connectivity index (χ1) is 9.58. The molecule has 0 spiro atoms. The van der Waals surface area contributed by atoms with Gasteiger partial charge in [0.1, 0.15) is 5.82 Å². The largest absolute Gasteiger partial charge is 0.465 e. The monoisotopic (exact) mass is 282 g/mol. The minimum Gasteiger partial charge on any atom is -0.465 e. The lowest BCUT2D eigenvalue weighted by Gasteiger charge is -2.14. The number of ether oxygens (including phenoxy) is 2. The van der Waals surface area contributed by atoms with E-state index >= 15 is 0 Å². The fourth-order valence-electron chi connectivity index (χ4n) is 1.82. The van der Waals surface area contributed by atoms with Gasteiger partial charge in [0.15, 0.2) is 5.92 Å². The smallest absolute Gasteiger partial charge is 0.320 e. The number of carbonyl (C=O) groups excluding carboxylic acids is 2. The molecule has 0 atom stereocenters. The van der Waals surface area contributed by atoms with Crippen molar-refractivity contribution in [3.05, 3.63) is 35.6 Å². The van der Waals surface area contributed by atoms with Crippen LogP contribution in [-0.4, -0.2) is 25.2 Å². The maximum Gasteiger partial charge on any atom is 0.320 e. The first-order valence-electron chi connectivity index (χ1n) is 6.66. The van der Waals surface area contributed by atoms with Gasteiger partial charge in [-0.05, 0) is 44.4 Å². The molecule has 0 heterocycles. The van der Waals surface area contributed by atoms with Crippen LogP contribution >= 0.6 is 0 Å². The van der Waals surface area contributed by atoms with Crippen molar-refractivity contribution in [3.63, 3.8) is 0 Å². The van der Waals surface area contributed by atoms with Gasteiger partial charge in [0.05, 0.1) is 13.2 Å². The Labute approximate surface area is 117 Å². The van der Waals surface area contributed by atoms with Crippen molar-refractivity contribution in [3.8, 4) is 0 Å². The normalized spacial score (nSPS) is 10.4. The van der Waals surface area contributed by atoms with Gasteiger partial charge in [-0.2, -0.15) is 0 Å². The molecule has 1 aromatic rings. The molecule has 1 rings (SSSR count). The Morgan fingerprint density at radius 2 is 1.75 bits per heavy atom. The van der Waals surface area contributed by atoms with E-state index in [1.54, 1.807) is 26.0 Å². The van der Waals surface area contributed by atoms with Crippen LogP contribution in [0.15, 0.2) is 24.3 Å². The molecule has 0 amide bonds. The fourth-order valence-corrected chi connectivity index (χ4v) is 1.82. The molecule has 0 radical (unpaired) electrons. The van der Waals surface area contributed by atoms with Gasteiger partial charge in [-0.1, -0.05) is 12.1 Å². The zero-order valence-corrected chi connectivity index (χ0v) is 11.7. The Morgan fingerprint density at radius 1 is 1.15 bits per heavy atom. The van der Waals surface area contributed by atoms with Crippen LogP contribution in [-0.2, 0) is 25.5 Å². The molecule has 0 saturated carbocycles. The zero-order valence-electron chi connectivity index (χ0n) is 11.7. The van der Waals surface area contributed by atoms with Gasteiger partial charge in [0.25, 0.3) is 0 Å². The fraction of sp³-hybridized carbons (Fsp3) is 0.467. The van der Waals surface area contributed by atoms with Crippen molar-refractivity contribution in [1.29, 1.82) is 0 Å². The van der Waals surface area contributed by atoms with Gasteiger partial charge in [0, 0.05) is 0 Å². The number of carbonyl (C=O) groups is 2. The van der Waals surface area contributed by atoms with Gasteiger partial charge in [0.2, 0.25) is 0 Å². The van der Waals surface area contributed by atoms with E-state index in [1.807, 2.05) is 0 Å². The second-order valence-corrected chi connectivity index (χ2v) is 4.23.